The van der Waals surface area contributed by atoms with E-state index in [9.17, 15) is 4.79 Å². The zero-order valence-corrected chi connectivity index (χ0v) is 10.3. The first-order chi connectivity index (χ1) is 7.54. The van der Waals surface area contributed by atoms with E-state index in [2.05, 4.69) is 38.2 Å². The van der Waals surface area contributed by atoms with Gasteiger partial charge in [0.05, 0.1) is 0 Å². The number of carbonyl (C=O) groups is 1. The standard InChI is InChI=1S/C14H19NO.H2/c1-4-14(2,3)11-5-6-12-10(9-11)7-8-15-13(12)16;/h5-6,9H,4,7-8H2,1-3H3,(H,15,16);1H. The summed E-state index contributed by atoms with van der Waals surface area (Å²) in [5.74, 6) is 0.0714. The van der Waals surface area contributed by atoms with E-state index in [-0.39, 0.29) is 12.7 Å². The van der Waals surface area contributed by atoms with Crippen LogP contribution in [0.15, 0.2) is 18.2 Å². The number of fused-ring (bicyclic) bond motifs is 1. The van der Waals surface area contributed by atoms with Gasteiger partial charge in [-0.05, 0) is 35.4 Å². The molecule has 1 amide bonds. The van der Waals surface area contributed by atoms with Gasteiger partial charge in [-0.2, -0.15) is 0 Å². The van der Waals surface area contributed by atoms with Gasteiger partial charge < -0.3 is 5.32 Å². The minimum absolute atomic E-state index is 0. The molecular weight excluding hydrogens is 198 g/mol. The second kappa shape index (κ2) is 3.93. The Morgan fingerprint density at radius 2 is 2.19 bits per heavy atom. The highest BCUT2D eigenvalue weighted by atomic mass is 16.1. The summed E-state index contributed by atoms with van der Waals surface area (Å²) in [6.45, 7) is 7.46. The molecule has 1 aliphatic rings. The Bertz CT molecular complexity index is 426. The van der Waals surface area contributed by atoms with Crippen LogP contribution < -0.4 is 5.32 Å². The zero-order valence-electron chi connectivity index (χ0n) is 10.3. The first-order valence-electron chi connectivity index (χ1n) is 5.96. The number of benzene rings is 1. The highest BCUT2D eigenvalue weighted by Crippen LogP contribution is 2.29. The smallest absolute Gasteiger partial charge is 0.251 e. The first kappa shape index (κ1) is 11.2. The molecule has 1 aromatic rings. The van der Waals surface area contributed by atoms with Gasteiger partial charge in [0.1, 0.15) is 0 Å². The highest BCUT2D eigenvalue weighted by Gasteiger charge is 2.22. The van der Waals surface area contributed by atoms with Crippen LogP contribution in [-0.2, 0) is 11.8 Å². The highest BCUT2D eigenvalue weighted by molar-refractivity contribution is 5.96. The van der Waals surface area contributed by atoms with Crippen molar-refractivity contribution in [1.82, 2.24) is 5.32 Å². The van der Waals surface area contributed by atoms with Crippen LogP contribution in [-0.4, -0.2) is 12.5 Å². The normalized spacial score (nSPS) is 15.6. The number of carbonyl (C=O) groups excluding carboxylic acids is 1. The van der Waals surface area contributed by atoms with Crippen molar-refractivity contribution in [3.05, 3.63) is 34.9 Å². The Morgan fingerprint density at radius 1 is 1.44 bits per heavy atom. The van der Waals surface area contributed by atoms with Gasteiger partial charge in [0, 0.05) is 13.5 Å². The van der Waals surface area contributed by atoms with Crippen molar-refractivity contribution in [2.75, 3.05) is 6.54 Å². The maximum Gasteiger partial charge on any atom is 0.251 e. The van der Waals surface area contributed by atoms with E-state index in [1.54, 1.807) is 0 Å². The Labute approximate surface area is 98.5 Å². The SMILES string of the molecule is CCC(C)(C)c1ccc2c(c1)CCNC2=O.[HH]. The van der Waals surface area contributed by atoms with Crippen LogP contribution >= 0.6 is 0 Å². The molecule has 2 heteroatoms. The number of rotatable bonds is 2. The molecule has 1 N–H and O–H groups in total. The van der Waals surface area contributed by atoms with E-state index in [0.29, 0.717) is 0 Å². The average Bonchev–Trinajstić information content (AvgIpc) is 2.29. The Balaban J connectivity index is 0.00000144. The monoisotopic (exact) mass is 219 g/mol. The lowest BCUT2D eigenvalue weighted by Crippen LogP contribution is -2.32. The molecule has 2 nitrogen and oxygen atoms in total. The maximum atomic E-state index is 11.6. The van der Waals surface area contributed by atoms with Crippen LogP contribution in [0.5, 0.6) is 0 Å². The van der Waals surface area contributed by atoms with E-state index in [1.807, 2.05) is 6.07 Å². The van der Waals surface area contributed by atoms with Crippen LogP contribution in [0.3, 0.4) is 0 Å². The fourth-order valence-electron chi connectivity index (χ4n) is 2.05. The molecule has 0 spiro atoms. The molecule has 0 bridgehead atoms. The number of hydrogen-bond acceptors (Lipinski definition) is 1. The second-order valence-electron chi connectivity index (χ2n) is 5.12. The van der Waals surface area contributed by atoms with E-state index in [4.69, 9.17) is 0 Å². The Morgan fingerprint density at radius 3 is 2.88 bits per heavy atom. The third kappa shape index (κ3) is 1.84. The number of hydrogen-bond donors (Lipinski definition) is 1. The number of nitrogens with one attached hydrogen (secondary N) is 1. The van der Waals surface area contributed by atoms with E-state index in [0.717, 1.165) is 24.9 Å². The average molecular weight is 219 g/mol. The predicted molar refractivity (Wildman–Crippen MR) is 67.9 cm³/mol. The topological polar surface area (TPSA) is 29.1 Å². The van der Waals surface area contributed by atoms with Crippen LogP contribution in [0.25, 0.3) is 0 Å². The summed E-state index contributed by atoms with van der Waals surface area (Å²) in [6.07, 6.45) is 2.06. The van der Waals surface area contributed by atoms with Crippen molar-refractivity contribution < 1.29 is 6.22 Å². The molecule has 0 unspecified atom stereocenters. The minimum Gasteiger partial charge on any atom is -0.352 e. The molecule has 0 fully saturated rings. The minimum atomic E-state index is 0. The lowest BCUT2D eigenvalue weighted by atomic mass is 9.80. The van der Waals surface area contributed by atoms with E-state index >= 15 is 0 Å². The third-order valence-corrected chi connectivity index (χ3v) is 3.70. The summed E-state index contributed by atoms with van der Waals surface area (Å²) < 4.78 is 0. The quantitative estimate of drug-likeness (QED) is 0.814. The molecule has 0 saturated heterocycles. The van der Waals surface area contributed by atoms with Gasteiger partial charge in [0.15, 0.2) is 0 Å². The number of amides is 1. The van der Waals surface area contributed by atoms with Crippen LogP contribution in [0.4, 0.5) is 0 Å². The van der Waals surface area contributed by atoms with Crippen LogP contribution in [0.2, 0.25) is 0 Å². The largest absolute Gasteiger partial charge is 0.352 e. The molecule has 2 rings (SSSR count). The summed E-state index contributed by atoms with van der Waals surface area (Å²) in [5, 5.41) is 2.87. The van der Waals surface area contributed by atoms with Gasteiger partial charge in [-0.15, -0.1) is 0 Å². The zero-order chi connectivity index (χ0) is 11.8. The van der Waals surface area contributed by atoms with Crippen LogP contribution in [0, 0.1) is 0 Å². The third-order valence-electron chi connectivity index (χ3n) is 3.70. The summed E-state index contributed by atoms with van der Waals surface area (Å²) in [5.41, 5.74) is 3.58. The van der Waals surface area contributed by atoms with Crippen LogP contribution in [0.1, 0.15) is 50.1 Å². The lowest BCUT2D eigenvalue weighted by Gasteiger charge is -2.26. The Kier molecular flexibility index (Phi) is 2.75. The first-order valence-corrected chi connectivity index (χ1v) is 5.96. The van der Waals surface area contributed by atoms with Gasteiger partial charge in [-0.1, -0.05) is 32.9 Å². The molecule has 0 aromatic heterocycles. The molecule has 88 valence electrons. The van der Waals surface area contributed by atoms with Gasteiger partial charge in [0.25, 0.3) is 5.91 Å². The van der Waals surface area contributed by atoms with Crippen molar-refractivity contribution in [3.8, 4) is 0 Å². The molecule has 16 heavy (non-hydrogen) atoms. The molecule has 0 atom stereocenters. The maximum absolute atomic E-state index is 11.6. The Hall–Kier alpha value is -1.31. The van der Waals surface area contributed by atoms with Crippen molar-refractivity contribution in [2.24, 2.45) is 0 Å². The van der Waals surface area contributed by atoms with Crippen molar-refractivity contribution >= 4 is 5.91 Å². The van der Waals surface area contributed by atoms with E-state index in [1.165, 1.54) is 11.1 Å². The van der Waals surface area contributed by atoms with Crippen molar-refractivity contribution in [1.29, 1.82) is 0 Å². The van der Waals surface area contributed by atoms with Gasteiger partial charge in [0.2, 0.25) is 0 Å². The summed E-state index contributed by atoms with van der Waals surface area (Å²) in [4.78, 5) is 11.6. The molecule has 0 aliphatic carbocycles. The molecule has 1 aliphatic heterocycles. The fourth-order valence-corrected chi connectivity index (χ4v) is 2.05. The molecule has 0 saturated carbocycles. The van der Waals surface area contributed by atoms with Crippen molar-refractivity contribution in [2.45, 2.75) is 39.0 Å². The molecule has 1 aromatic carbocycles. The second-order valence-corrected chi connectivity index (χ2v) is 5.12. The van der Waals surface area contributed by atoms with Gasteiger partial charge in [-0.25, -0.2) is 0 Å². The van der Waals surface area contributed by atoms with E-state index < -0.39 is 0 Å². The van der Waals surface area contributed by atoms with Gasteiger partial charge >= 0.3 is 0 Å². The summed E-state index contributed by atoms with van der Waals surface area (Å²) >= 11 is 0. The van der Waals surface area contributed by atoms with Crippen molar-refractivity contribution in [3.63, 3.8) is 0 Å². The lowest BCUT2D eigenvalue weighted by molar-refractivity contribution is 0.0946. The summed E-state index contributed by atoms with van der Waals surface area (Å²) in [7, 11) is 0. The molecule has 1 heterocycles. The fraction of sp³-hybridized carbons (Fsp3) is 0.500. The molecule has 0 radical (unpaired) electrons. The van der Waals surface area contributed by atoms with Gasteiger partial charge in [-0.3, -0.25) is 4.79 Å². The molecular formula is C14H21NO. The summed E-state index contributed by atoms with van der Waals surface area (Å²) in [6, 6.07) is 6.27. The predicted octanol–water partition coefficient (Wildman–Crippen LogP) is 2.91.